The number of amides is 1. The van der Waals surface area contributed by atoms with Crippen LogP contribution in [-0.2, 0) is 0 Å². The number of nitrogens with one attached hydrogen (secondary N) is 1. The number of nitrogens with two attached hydrogens (primary N) is 1. The fraction of sp³-hybridized carbons (Fsp3) is 0.462. The molecule has 0 saturated heterocycles. The summed E-state index contributed by atoms with van der Waals surface area (Å²) < 4.78 is 26.0. The topological polar surface area (TPSA) is 55.1 Å². The largest absolute Gasteiger partial charge is 0.348 e. The van der Waals surface area contributed by atoms with Gasteiger partial charge in [0.2, 0.25) is 0 Å². The summed E-state index contributed by atoms with van der Waals surface area (Å²) in [4.78, 5) is 11.9. The van der Waals surface area contributed by atoms with Crippen molar-refractivity contribution in [1.82, 2.24) is 5.32 Å². The molecule has 2 atom stereocenters. The zero-order valence-electron chi connectivity index (χ0n) is 9.96. The summed E-state index contributed by atoms with van der Waals surface area (Å²) >= 11 is 0. The average Bonchev–Trinajstić information content (AvgIpc) is 2.31. The molecule has 2 unspecified atom stereocenters. The summed E-state index contributed by atoms with van der Waals surface area (Å²) in [5.41, 5.74) is 5.89. The zero-order chi connectivity index (χ0) is 13.1. The molecule has 3 nitrogen and oxygen atoms in total. The van der Waals surface area contributed by atoms with Crippen LogP contribution in [0, 0.1) is 11.6 Å². The van der Waals surface area contributed by atoms with Crippen LogP contribution in [0.1, 0.15) is 36.0 Å². The van der Waals surface area contributed by atoms with Gasteiger partial charge in [0.1, 0.15) is 11.6 Å². The van der Waals surface area contributed by atoms with E-state index in [9.17, 15) is 13.6 Å². The highest BCUT2D eigenvalue weighted by molar-refractivity contribution is 5.94. The SMILES string of the molecule is NC1CCCCC1NC(=O)c1cc(F)cc(F)c1. The Labute approximate surface area is 104 Å². The van der Waals surface area contributed by atoms with E-state index in [0.29, 0.717) is 0 Å². The van der Waals surface area contributed by atoms with Crippen LogP contribution in [0.4, 0.5) is 8.78 Å². The normalized spacial score (nSPS) is 23.7. The second-order valence-electron chi connectivity index (χ2n) is 4.69. The molecule has 0 aromatic heterocycles. The van der Waals surface area contributed by atoms with Crippen LogP contribution in [0.2, 0.25) is 0 Å². The van der Waals surface area contributed by atoms with E-state index in [1.807, 2.05) is 0 Å². The quantitative estimate of drug-likeness (QED) is 0.847. The van der Waals surface area contributed by atoms with Crippen molar-refractivity contribution in [3.05, 3.63) is 35.4 Å². The van der Waals surface area contributed by atoms with Crippen molar-refractivity contribution in [2.75, 3.05) is 0 Å². The molecule has 1 aromatic carbocycles. The number of benzene rings is 1. The molecule has 3 N–H and O–H groups in total. The van der Waals surface area contributed by atoms with Crippen LogP contribution < -0.4 is 11.1 Å². The molecule has 5 heteroatoms. The van der Waals surface area contributed by atoms with E-state index in [-0.39, 0.29) is 17.6 Å². The van der Waals surface area contributed by atoms with Crippen LogP contribution in [0.5, 0.6) is 0 Å². The van der Waals surface area contributed by atoms with Gasteiger partial charge in [0.05, 0.1) is 0 Å². The first-order chi connectivity index (χ1) is 8.56. The lowest BCUT2D eigenvalue weighted by Gasteiger charge is -2.29. The van der Waals surface area contributed by atoms with Gasteiger partial charge in [0, 0.05) is 23.7 Å². The highest BCUT2D eigenvalue weighted by atomic mass is 19.1. The first-order valence-corrected chi connectivity index (χ1v) is 6.09. The maximum absolute atomic E-state index is 13.0. The van der Waals surface area contributed by atoms with E-state index in [1.165, 1.54) is 0 Å². The highest BCUT2D eigenvalue weighted by Crippen LogP contribution is 2.17. The number of carbonyl (C=O) groups excluding carboxylic acids is 1. The minimum absolute atomic E-state index is 0.00901. The van der Waals surface area contributed by atoms with Crippen molar-refractivity contribution in [3.8, 4) is 0 Å². The smallest absolute Gasteiger partial charge is 0.251 e. The van der Waals surface area contributed by atoms with Crippen molar-refractivity contribution in [2.24, 2.45) is 5.73 Å². The van der Waals surface area contributed by atoms with Crippen LogP contribution >= 0.6 is 0 Å². The van der Waals surface area contributed by atoms with E-state index in [4.69, 9.17) is 5.73 Å². The van der Waals surface area contributed by atoms with Gasteiger partial charge in [-0.3, -0.25) is 4.79 Å². The summed E-state index contributed by atoms with van der Waals surface area (Å²) in [7, 11) is 0. The van der Waals surface area contributed by atoms with Gasteiger partial charge in [-0.2, -0.15) is 0 Å². The highest BCUT2D eigenvalue weighted by Gasteiger charge is 2.23. The van der Waals surface area contributed by atoms with Crippen LogP contribution in [-0.4, -0.2) is 18.0 Å². The molecular weight excluding hydrogens is 238 g/mol. The minimum Gasteiger partial charge on any atom is -0.348 e. The maximum atomic E-state index is 13.0. The van der Waals surface area contributed by atoms with Crippen LogP contribution in [0.25, 0.3) is 0 Å². The molecule has 0 spiro atoms. The Bertz CT molecular complexity index is 430. The third-order valence-corrected chi connectivity index (χ3v) is 3.26. The molecule has 1 fully saturated rings. The Morgan fingerprint density at radius 1 is 1.17 bits per heavy atom. The van der Waals surface area contributed by atoms with Gasteiger partial charge in [-0.25, -0.2) is 8.78 Å². The van der Waals surface area contributed by atoms with Crippen LogP contribution in [0.15, 0.2) is 18.2 Å². The number of hydrogen-bond acceptors (Lipinski definition) is 2. The maximum Gasteiger partial charge on any atom is 0.251 e. The van der Waals surface area contributed by atoms with Crippen molar-refractivity contribution in [1.29, 1.82) is 0 Å². The number of halogens is 2. The second kappa shape index (κ2) is 5.44. The summed E-state index contributed by atoms with van der Waals surface area (Å²) in [6, 6.07) is 2.58. The molecule has 1 amide bonds. The number of hydrogen-bond donors (Lipinski definition) is 2. The lowest BCUT2D eigenvalue weighted by atomic mass is 9.91. The van der Waals surface area contributed by atoms with E-state index in [1.54, 1.807) is 0 Å². The summed E-state index contributed by atoms with van der Waals surface area (Å²) in [5.74, 6) is -1.99. The monoisotopic (exact) mass is 254 g/mol. The molecule has 0 heterocycles. The van der Waals surface area contributed by atoms with Crippen molar-refractivity contribution in [3.63, 3.8) is 0 Å². The third kappa shape index (κ3) is 3.04. The second-order valence-corrected chi connectivity index (χ2v) is 4.69. The number of carbonyl (C=O) groups is 1. The minimum atomic E-state index is -0.756. The van der Waals surface area contributed by atoms with Crippen molar-refractivity contribution < 1.29 is 13.6 Å². The zero-order valence-corrected chi connectivity index (χ0v) is 9.96. The van der Waals surface area contributed by atoms with Gasteiger partial charge < -0.3 is 11.1 Å². The van der Waals surface area contributed by atoms with Crippen molar-refractivity contribution in [2.45, 2.75) is 37.8 Å². The Morgan fingerprint density at radius 2 is 1.78 bits per heavy atom. The van der Waals surface area contributed by atoms with Gasteiger partial charge in [-0.1, -0.05) is 12.8 Å². The van der Waals surface area contributed by atoms with E-state index in [2.05, 4.69) is 5.32 Å². The van der Waals surface area contributed by atoms with Gasteiger partial charge >= 0.3 is 0 Å². The predicted molar refractivity (Wildman–Crippen MR) is 64.1 cm³/mol. The van der Waals surface area contributed by atoms with Gasteiger partial charge in [-0.05, 0) is 25.0 Å². The van der Waals surface area contributed by atoms with Crippen LogP contribution in [0.3, 0.4) is 0 Å². The Morgan fingerprint density at radius 3 is 2.39 bits per heavy atom. The molecule has 2 rings (SSSR count). The molecule has 1 aromatic rings. The number of rotatable bonds is 2. The van der Waals surface area contributed by atoms with Crippen molar-refractivity contribution >= 4 is 5.91 Å². The predicted octanol–water partition coefficient (Wildman–Crippen LogP) is 1.96. The van der Waals surface area contributed by atoms with E-state index >= 15 is 0 Å². The standard InChI is InChI=1S/C13H16F2N2O/c14-9-5-8(6-10(15)7-9)13(18)17-12-4-2-1-3-11(12)16/h5-7,11-12H,1-4,16H2,(H,17,18). The molecule has 98 valence electrons. The Kier molecular flexibility index (Phi) is 3.91. The molecule has 0 bridgehead atoms. The fourth-order valence-electron chi connectivity index (χ4n) is 2.28. The lowest BCUT2D eigenvalue weighted by molar-refractivity contribution is 0.0920. The molecule has 0 aliphatic heterocycles. The van der Waals surface area contributed by atoms with Gasteiger partial charge in [0.25, 0.3) is 5.91 Å². The lowest BCUT2D eigenvalue weighted by Crippen LogP contribution is -2.49. The molecule has 0 radical (unpaired) electrons. The summed E-state index contributed by atoms with van der Waals surface area (Å²) in [6.07, 6.45) is 3.74. The Hall–Kier alpha value is -1.49. The van der Waals surface area contributed by atoms with E-state index in [0.717, 1.165) is 43.9 Å². The summed E-state index contributed by atoms with van der Waals surface area (Å²) in [5, 5.41) is 2.74. The van der Waals surface area contributed by atoms with Gasteiger partial charge in [-0.15, -0.1) is 0 Å². The molecular formula is C13H16F2N2O. The van der Waals surface area contributed by atoms with E-state index < -0.39 is 17.5 Å². The third-order valence-electron chi connectivity index (χ3n) is 3.26. The molecule has 1 aliphatic rings. The Balaban J connectivity index is 2.06. The molecule has 1 aliphatic carbocycles. The summed E-state index contributed by atoms with van der Waals surface area (Å²) in [6.45, 7) is 0. The first kappa shape index (κ1) is 13.0. The van der Waals surface area contributed by atoms with Gasteiger partial charge in [0.15, 0.2) is 0 Å². The molecule has 18 heavy (non-hydrogen) atoms. The first-order valence-electron chi connectivity index (χ1n) is 6.09. The average molecular weight is 254 g/mol. The fourth-order valence-corrected chi connectivity index (χ4v) is 2.28. The molecule has 1 saturated carbocycles.